The normalized spacial score (nSPS) is 11.4. The third-order valence-corrected chi connectivity index (χ3v) is 4.34. The minimum Gasteiger partial charge on any atom is -0.497 e. The van der Waals surface area contributed by atoms with Crippen LogP contribution in [0.3, 0.4) is 0 Å². The first kappa shape index (κ1) is 21.0. The van der Waals surface area contributed by atoms with Gasteiger partial charge in [-0.05, 0) is 54.3 Å². The molecule has 1 unspecified atom stereocenters. The van der Waals surface area contributed by atoms with E-state index in [0.29, 0.717) is 17.7 Å². The smallest absolute Gasteiger partial charge is 0.322 e. The second-order valence-corrected chi connectivity index (χ2v) is 6.28. The Morgan fingerprint density at radius 3 is 2.21 bits per heavy atom. The highest BCUT2D eigenvalue weighted by Gasteiger charge is 2.15. The molecule has 0 fully saturated rings. The van der Waals surface area contributed by atoms with E-state index in [2.05, 4.69) is 10.6 Å². The highest BCUT2D eigenvalue weighted by Crippen LogP contribution is 2.26. The van der Waals surface area contributed by atoms with Gasteiger partial charge in [-0.1, -0.05) is 19.1 Å². The molecule has 7 heteroatoms. The van der Waals surface area contributed by atoms with Gasteiger partial charge in [0.05, 0.1) is 7.11 Å². The molecule has 0 aromatic heterocycles. The van der Waals surface area contributed by atoms with Crippen LogP contribution in [0.5, 0.6) is 5.75 Å². The summed E-state index contributed by atoms with van der Waals surface area (Å²) in [6.07, 6.45) is 1.16. The Bertz CT molecular complexity index is 816. The molecule has 7 nitrogen and oxygen atoms in total. The highest BCUT2D eigenvalue weighted by atomic mass is 16.5. The molecule has 2 rings (SSSR count). The van der Waals surface area contributed by atoms with Crippen molar-refractivity contribution in [3.05, 3.63) is 59.7 Å². The zero-order valence-corrected chi connectivity index (χ0v) is 15.9. The van der Waals surface area contributed by atoms with Gasteiger partial charge in [0.15, 0.2) is 0 Å². The summed E-state index contributed by atoms with van der Waals surface area (Å²) in [5, 5.41) is 13.7. The molecule has 0 saturated heterocycles. The van der Waals surface area contributed by atoms with Crippen molar-refractivity contribution in [3.8, 4) is 5.75 Å². The van der Waals surface area contributed by atoms with Crippen molar-refractivity contribution in [1.82, 2.24) is 5.32 Å². The van der Waals surface area contributed by atoms with Gasteiger partial charge in [0.25, 0.3) is 5.91 Å². The summed E-state index contributed by atoms with van der Waals surface area (Å²) < 4.78 is 5.16. The van der Waals surface area contributed by atoms with E-state index < -0.39 is 18.4 Å². The lowest BCUT2D eigenvalue weighted by molar-refractivity contribution is -0.135. The van der Waals surface area contributed by atoms with Crippen LogP contribution in [0.4, 0.5) is 5.69 Å². The van der Waals surface area contributed by atoms with Crippen LogP contribution in [-0.4, -0.2) is 36.5 Å². The molecule has 3 N–H and O–H groups in total. The number of methoxy groups -OCH3 is 1. The SMILES string of the molecule is CCC(CC(=O)Nc1ccc(C(=O)NCC(=O)O)cc1)c1ccc(OC)cc1. The van der Waals surface area contributed by atoms with Crippen LogP contribution in [0.15, 0.2) is 48.5 Å². The number of nitrogens with one attached hydrogen (secondary N) is 2. The number of carbonyl (C=O) groups is 3. The summed E-state index contributed by atoms with van der Waals surface area (Å²) in [6.45, 7) is 1.59. The largest absolute Gasteiger partial charge is 0.497 e. The zero-order chi connectivity index (χ0) is 20.5. The summed E-state index contributed by atoms with van der Waals surface area (Å²) in [6, 6.07) is 14.0. The molecule has 2 aromatic rings. The number of aliphatic carboxylic acids is 1. The van der Waals surface area contributed by atoms with Gasteiger partial charge >= 0.3 is 5.97 Å². The molecule has 0 aliphatic rings. The van der Waals surface area contributed by atoms with E-state index >= 15 is 0 Å². The molecule has 0 spiro atoms. The van der Waals surface area contributed by atoms with Crippen LogP contribution < -0.4 is 15.4 Å². The Hall–Kier alpha value is -3.35. The summed E-state index contributed by atoms with van der Waals surface area (Å²) in [4.78, 5) is 34.7. The number of ether oxygens (including phenoxy) is 1. The van der Waals surface area contributed by atoms with Crippen molar-refractivity contribution < 1.29 is 24.2 Å². The van der Waals surface area contributed by atoms with Crippen molar-refractivity contribution in [2.24, 2.45) is 0 Å². The molecule has 1 atom stereocenters. The van der Waals surface area contributed by atoms with Crippen LogP contribution in [-0.2, 0) is 9.59 Å². The minimum absolute atomic E-state index is 0.0898. The van der Waals surface area contributed by atoms with Gasteiger partial charge in [0.1, 0.15) is 12.3 Å². The first-order chi connectivity index (χ1) is 13.4. The number of amides is 2. The van der Waals surface area contributed by atoms with Crippen LogP contribution in [0.1, 0.15) is 41.6 Å². The van der Waals surface area contributed by atoms with E-state index in [4.69, 9.17) is 9.84 Å². The second kappa shape index (κ2) is 10.1. The topological polar surface area (TPSA) is 105 Å². The molecule has 0 aliphatic carbocycles. The van der Waals surface area contributed by atoms with Gasteiger partial charge in [-0.25, -0.2) is 0 Å². The number of carboxylic acid groups (broad SMARTS) is 1. The fraction of sp³-hybridized carbons (Fsp3) is 0.286. The first-order valence-electron chi connectivity index (χ1n) is 8.96. The Kier molecular flexibility index (Phi) is 7.56. The van der Waals surface area contributed by atoms with Crippen molar-refractivity contribution in [1.29, 1.82) is 0 Å². The van der Waals surface area contributed by atoms with Crippen LogP contribution in [0, 0.1) is 0 Å². The van der Waals surface area contributed by atoms with E-state index in [1.165, 1.54) is 12.1 Å². The van der Waals surface area contributed by atoms with Gasteiger partial charge in [-0.2, -0.15) is 0 Å². The Morgan fingerprint density at radius 1 is 1.04 bits per heavy atom. The monoisotopic (exact) mass is 384 g/mol. The maximum Gasteiger partial charge on any atom is 0.322 e. The number of rotatable bonds is 9. The Morgan fingerprint density at radius 2 is 1.68 bits per heavy atom. The average molecular weight is 384 g/mol. The molecule has 0 aliphatic heterocycles. The molecule has 28 heavy (non-hydrogen) atoms. The predicted octanol–water partition coefficient (Wildman–Crippen LogP) is 3.03. The summed E-state index contributed by atoms with van der Waals surface area (Å²) in [7, 11) is 1.61. The van der Waals surface area contributed by atoms with Crippen molar-refractivity contribution >= 4 is 23.5 Å². The highest BCUT2D eigenvalue weighted by molar-refractivity contribution is 5.97. The van der Waals surface area contributed by atoms with E-state index in [1.54, 1.807) is 19.2 Å². The number of anilines is 1. The molecular formula is C21H24N2O5. The lowest BCUT2D eigenvalue weighted by atomic mass is 9.93. The zero-order valence-electron chi connectivity index (χ0n) is 15.9. The number of hydrogen-bond donors (Lipinski definition) is 3. The average Bonchev–Trinajstić information content (AvgIpc) is 2.71. The number of hydrogen-bond acceptors (Lipinski definition) is 4. The molecule has 2 aromatic carbocycles. The van der Waals surface area contributed by atoms with Crippen LogP contribution in [0.2, 0.25) is 0 Å². The van der Waals surface area contributed by atoms with E-state index in [0.717, 1.165) is 17.7 Å². The van der Waals surface area contributed by atoms with E-state index in [9.17, 15) is 14.4 Å². The van der Waals surface area contributed by atoms with Crippen molar-refractivity contribution in [3.63, 3.8) is 0 Å². The predicted molar refractivity (Wildman–Crippen MR) is 106 cm³/mol. The quantitative estimate of drug-likeness (QED) is 0.616. The molecule has 0 radical (unpaired) electrons. The fourth-order valence-electron chi connectivity index (χ4n) is 2.77. The lowest BCUT2D eigenvalue weighted by Crippen LogP contribution is -2.29. The van der Waals surface area contributed by atoms with Crippen LogP contribution in [0.25, 0.3) is 0 Å². The standard InChI is InChI=1S/C21H24N2O5/c1-3-14(15-6-10-18(28-2)11-7-15)12-19(24)23-17-8-4-16(5-9-17)21(27)22-13-20(25)26/h4-11,14H,3,12-13H2,1-2H3,(H,22,27)(H,23,24)(H,25,26). The minimum atomic E-state index is -1.11. The molecule has 0 saturated carbocycles. The summed E-state index contributed by atoms with van der Waals surface area (Å²) >= 11 is 0. The summed E-state index contributed by atoms with van der Waals surface area (Å²) in [5.41, 5.74) is 1.97. The van der Waals surface area contributed by atoms with Gasteiger partial charge in [-0.15, -0.1) is 0 Å². The molecule has 0 heterocycles. The Labute approximate surface area is 163 Å². The second-order valence-electron chi connectivity index (χ2n) is 6.28. The van der Waals surface area contributed by atoms with Gasteiger partial charge < -0.3 is 20.5 Å². The fourth-order valence-corrected chi connectivity index (χ4v) is 2.77. The first-order valence-corrected chi connectivity index (χ1v) is 8.96. The number of benzene rings is 2. The summed E-state index contributed by atoms with van der Waals surface area (Å²) in [5.74, 6) is -0.848. The van der Waals surface area contributed by atoms with Gasteiger partial charge in [0, 0.05) is 17.7 Å². The maximum absolute atomic E-state index is 12.4. The Balaban J connectivity index is 1.93. The molecular weight excluding hydrogens is 360 g/mol. The number of carboxylic acids is 1. The third-order valence-electron chi connectivity index (χ3n) is 4.34. The van der Waals surface area contributed by atoms with Gasteiger partial charge in [-0.3, -0.25) is 14.4 Å². The van der Waals surface area contributed by atoms with E-state index in [-0.39, 0.29) is 11.8 Å². The number of carbonyl (C=O) groups excluding carboxylic acids is 2. The lowest BCUT2D eigenvalue weighted by Gasteiger charge is -2.16. The van der Waals surface area contributed by atoms with E-state index in [1.807, 2.05) is 31.2 Å². The molecule has 148 valence electrons. The van der Waals surface area contributed by atoms with Gasteiger partial charge in [0.2, 0.25) is 5.91 Å². The maximum atomic E-state index is 12.4. The molecule has 0 bridgehead atoms. The van der Waals surface area contributed by atoms with Crippen molar-refractivity contribution in [2.45, 2.75) is 25.7 Å². The van der Waals surface area contributed by atoms with Crippen LogP contribution >= 0.6 is 0 Å². The third kappa shape index (κ3) is 6.12. The molecule has 2 amide bonds. The van der Waals surface area contributed by atoms with Crippen molar-refractivity contribution in [2.75, 3.05) is 19.0 Å².